The molecule has 0 aliphatic carbocycles. The number of unbranched alkanes of at least 4 members (excludes halogenated alkanes) is 2. The molecular weight excluding hydrogens is 371 g/mol. The van der Waals surface area contributed by atoms with Crippen LogP contribution in [-0.2, 0) is 0 Å². The Morgan fingerprint density at radius 1 is 1.10 bits per heavy atom. The number of hydrogen-bond donors (Lipinski definition) is 0. The highest BCUT2D eigenvalue weighted by molar-refractivity contribution is 5.91. The molecule has 0 N–H and O–H groups in total. The van der Waals surface area contributed by atoms with Crippen LogP contribution in [0, 0.1) is 11.7 Å². The predicted octanol–water partition coefficient (Wildman–Crippen LogP) is 6.20. The molecule has 0 unspecified atom stereocenters. The van der Waals surface area contributed by atoms with Crippen LogP contribution in [0.1, 0.15) is 49.9 Å². The quantitative estimate of drug-likeness (QED) is 0.184. The topological polar surface area (TPSA) is 44.8 Å². The van der Waals surface area contributed by atoms with Gasteiger partial charge in [-0.3, -0.25) is 0 Å². The van der Waals surface area contributed by atoms with E-state index in [4.69, 9.17) is 14.2 Å². The van der Waals surface area contributed by atoms with Gasteiger partial charge in [-0.25, -0.2) is 9.18 Å². The second kappa shape index (κ2) is 11.9. The third kappa shape index (κ3) is 7.60. The van der Waals surface area contributed by atoms with E-state index in [1.807, 2.05) is 6.08 Å². The minimum atomic E-state index is -0.630. The lowest BCUT2D eigenvalue weighted by Crippen LogP contribution is -2.10. The average molecular weight is 400 g/mol. The van der Waals surface area contributed by atoms with Gasteiger partial charge in [0.25, 0.3) is 0 Å². The van der Waals surface area contributed by atoms with E-state index >= 15 is 0 Å². The van der Waals surface area contributed by atoms with Crippen molar-refractivity contribution in [3.63, 3.8) is 0 Å². The van der Waals surface area contributed by atoms with E-state index in [0.717, 1.165) is 31.7 Å². The van der Waals surface area contributed by atoms with Crippen molar-refractivity contribution in [2.45, 2.75) is 39.5 Å². The molecule has 0 saturated carbocycles. The number of benzene rings is 2. The minimum absolute atomic E-state index is 0.124. The van der Waals surface area contributed by atoms with Gasteiger partial charge < -0.3 is 14.2 Å². The lowest BCUT2D eigenvalue weighted by molar-refractivity contribution is 0.0734. The number of hydrogen-bond acceptors (Lipinski definition) is 4. The van der Waals surface area contributed by atoms with E-state index in [1.165, 1.54) is 12.1 Å². The molecule has 0 fully saturated rings. The second-order valence-corrected chi connectivity index (χ2v) is 6.96. The van der Waals surface area contributed by atoms with E-state index in [-0.39, 0.29) is 11.3 Å². The van der Waals surface area contributed by atoms with Crippen molar-refractivity contribution in [2.24, 2.45) is 5.92 Å². The Bertz CT molecular complexity index is 786. The van der Waals surface area contributed by atoms with E-state index < -0.39 is 11.8 Å². The molecule has 0 aromatic heterocycles. The largest absolute Gasteiger partial charge is 0.493 e. The van der Waals surface area contributed by atoms with E-state index in [0.29, 0.717) is 30.6 Å². The standard InChI is InChI=1S/C24H29FO4/c1-4-6-7-8-15-27-23-14-9-19(16-22(23)25)24(26)29-21-12-10-20(11-13-21)28-17-18(3)5-2/h4,9-14,16,18H,1,5-8,15,17H2,2-3H3/t18-/m0/s1. The van der Waals surface area contributed by atoms with Gasteiger partial charge >= 0.3 is 5.97 Å². The van der Waals surface area contributed by atoms with Crippen molar-refractivity contribution in [2.75, 3.05) is 13.2 Å². The number of carbonyl (C=O) groups excluding carboxylic acids is 1. The third-order valence-electron chi connectivity index (χ3n) is 4.49. The molecule has 1 atom stereocenters. The molecule has 0 heterocycles. The Balaban J connectivity index is 1.88. The third-order valence-corrected chi connectivity index (χ3v) is 4.49. The summed E-state index contributed by atoms with van der Waals surface area (Å²) in [6.07, 6.45) is 5.55. The molecule has 2 aromatic carbocycles. The molecule has 0 radical (unpaired) electrons. The van der Waals surface area contributed by atoms with Gasteiger partial charge in [-0.05, 0) is 67.6 Å². The summed E-state index contributed by atoms with van der Waals surface area (Å²) in [4.78, 5) is 12.3. The van der Waals surface area contributed by atoms with Crippen molar-refractivity contribution >= 4 is 5.97 Å². The maximum Gasteiger partial charge on any atom is 0.343 e. The Morgan fingerprint density at radius 2 is 1.83 bits per heavy atom. The molecule has 0 aliphatic rings. The summed E-state index contributed by atoms with van der Waals surface area (Å²) in [6.45, 7) is 8.94. The zero-order valence-corrected chi connectivity index (χ0v) is 17.2. The SMILES string of the molecule is C=CCCCCOc1ccc(C(=O)Oc2ccc(OC[C@@H](C)CC)cc2)cc1F. The summed E-state index contributed by atoms with van der Waals surface area (Å²) in [7, 11) is 0. The van der Waals surface area contributed by atoms with Gasteiger partial charge in [0, 0.05) is 0 Å². The fourth-order valence-corrected chi connectivity index (χ4v) is 2.44. The fraction of sp³-hybridized carbons (Fsp3) is 0.375. The van der Waals surface area contributed by atoms with Crippen LogP contribution in [0.3, 0.4) is 0 Å². The van der Waals surface area contributed by atoms with Crippen molar-refractivity contribution in [3.8, 4) is 17.2 Å². The number of ether oxygens (including phenoxy) is 3. The lowest BCUT2D eigenvalue weighted by atomic mass is 10.1. The van der Waals surface area contributed by atoms with Crippen LogP contribution in [0.4, 0.5) is 4.39 Å². The molecule has 29 heavy (non-hydrogen) atoms. The lowest BCUT2D eigenvalue weighted by Gasteiger charge is -2.11. The zero-order valence-electron chi connectivity index (χ0n) is 17.2. The molecule has 0 bridgehead atoms. The van der Waals surface area contributed by atoms with E-state index in [2.05, 4.69) is 20.4 Å². The second-order valence-electron chi connectivity index (χ2n) is 6.96. The first-order chi connectivity index (χ1) is 14.0. The number of esters is 1. The molecule has 0 saturated heterocycles. The highest BCUT2D eigenvalue weighted by Crippen LogP contribution is 2.22. The summed E-state index contributed by atoms with van der Waals surface area (Å²) in [6, 6.07) is 10.9. The van der Waals surface area contributed by atoms with Gasteiger partial charge in [-0.15, -0.1) is 6.58 Å². The monoisotopic (exact) mass is 400 g/mol. The molecule has 5 heteroatoms. The summed E-state index contributed by atoms with van der Waals surface area (Å²) in [5.41, 5.74) is 0.124. The van der Waals surface area contributed by atoms with Crippen LogP contribution in [0.25, 0.3) is 0 Å². The average Bonchev–Trinajstić information content (AvgIpc) is 2.73. The van der Waals surface area contributed by atoms with Crippen LogP contribution >= 0.6 is 0 Å². The van der Waals surface area contributed by atoms with Crippen LogP contribution in [0.15, 0.2) is 55.1 Å². The summed E-state index contributed by atoms with van der Waals surface area (Å²) in [5, 5.41) is 0. The molecule has 0 aliphatic heterocycles. The first kappa shape index (κ1) is 22.5. The smallest absolute Gasteiger partial charge is 0.343 e. The number of rotatable bonds is 12. The zero-order chi connectivity index (χ0) is 21.1. The molecule has 4 nitrogen and oxygen atoms in total. The molecule has 0 amide bonds. The van der Waals surface area contributed by atoms with Crippen LogP contribution in [-0.4, -0.2) is 19.2 Å². The van der Waals surface area contributed by atoms with Gasteiger partial charge in [-0.2, -0.15) is 0 Å². The normalized spacial score (nSPS) is 11.6. The van der Waals surface area contributed by atoms with Crippen molar-refractivity contribution in [1.82, 2.24) is 0 Å². The maximum atomic E-state index is 14.2. The maximum absolute atomic E-state index is 14.2. The Hall–Kier alpha value is -2.82. The minimum Gasteiger partial charge on any atom is -0.493 e. The van der Waals surface area contributed by atoms with E-state index in [1.54, 1.807) is 24.3 Å². The Kier molecular flexibility index (Phi) is 9.22. The highest BCUT2D eigenvalue weighted by Gasteiger charge is 2.13. The van der Waals surface area contributed by atoms with E-state index in [9.17, 15) is 9.18 Å². The molecule has 0 spiro atoms. The summed E-state index contributed by atoms with van der Waals surface area (Å²) >= 11 is 0. The molecular formula is C24H29FO4. The molecule has 2 rings (SSSR count). The van der Waals surface area contributed by atoms with Crippen molar-refractivity contribution < 1.29 is 23.4 Å². The van der Waals surface area contributed by atoms with Crippen LogP contribution in [0.5, 0.6) is 17.2 Å². The van der Waals surface area contributed by atoms with Crippen molar-refractivity contribution in [3.05, 3.63) is 66.5 Å². The highest BCUT2D eigenvalue weighted by atomic mass is 19.1. The van der Waals surface area contributed by atoms with Crippen molar-refractivity contribution in [1.29, 1.82) is 0 Å². The van der Waals surface area contributed by atoms with Gasteiger partial charge in [0.2, 0.25) is 0 Å². The van der Waals surface area contributed by atoms with Gasteiger partial charge in [0.1, 0.15) is 11.5 Å². The number of carbonyl (C=O) groups is 1. The number of allylic oxidation sites excluding steroid dienone is 1. The first-order valence-corrected chi connectivity index (χ1v) is 10.0. The predicted molar refractivity (Wildman–Crippen MR) is 112 cm³/mol. The Morgan fingerprint density at radius 3 is 2.48 bits per heavy atom. The Labute approximate surface area is 172 Å². The molecule has 156 valence electrons. The molecule has 2 aromatic rings. The van der Waals surface area contributed by atoms with Gasteiger partial charge in [-0.1, -0.05) is 26.3 Å². The summed E-state index contributed by atoms with van der Waals surface area (Å²) in [5.74, 6) is 0.468. The van der Waals surface area contributed by atoms with Crippen LogP contribution in [0.2, 0.25) is 0 Å². The summed E-state index contributed by atoms with van der Waals surface area (Å²) < 4.78 is 30.6. The van der Waals surface area contributed by atoms with Gasteiger partial charge in [0.15, 0.2) is 11.6 Å². The van der Waals surface area contributed by atoms with Gasteiger partial charge in [0.05, 0.1) is 18.8 Å². The van der Waals surface area contributed by atoms with Crippen LogP contribution < -0.4 is 14.2 Å². The number of halogens is 1. The first-order valence-electron chi connectivity index (χ1n) is 10.0. The fourth-order valence-electron chi connectivity index (χ4n) is 2.44.